The van der Waals surface area contributed by atoms with Crippen LogP contribution in [0.5, 0.6) is 0 Å². The van der Waals surface area contributed by atoms with Crippen molar-refractivity contribution >= 4 is 11.8 Å². The van der Waals surface area contributed by atoms with Gasteiger partial charge in [0.25, 0.3) is 5.91 Å². The number of nitrogens with one attached hydrogen (secondary N) is 2. The number of azo groups is 1. The number of allylic oxidation sites excluding steroid dienone is 3. The van der Waals surface area contributed by atoms with Crippen molar-refractivity contribution in [1.29, 1.82) is 0 Å². The van der Waals surface area contributed by atoms with Gasteiger partial charge in [0, 0.05) is 31.5 Å². The van der Waals surface area contributed by atoms with Gasteiger partial charge in [-0.2, -0.15) is 4.98 Å². The van der Waals surface area contributed by atoms with Crippen molar-refractivity contribution < 1.29 is 14.1 Å². The Morgan fingerprint density at radius 1 is 1.29 bits per heavy atom. The second-order valence-corrected chi connectivity index (χ2v) is 7.88. The fourth-order valence-corrected chi connectivity index (χ4v) is 3.91. The van der Waals surface area contributed by atoms with Crippen molar-refractivity contribution in [1.82, 2.24) is 25.7 Å². The second-order valence-electron chi connectivity index (χ2n) is 7.88. The maximum Gasteiger partial charge on any atom is 0.276 e. The molecule has 164 valence electrons. The Kier molecular flexibility index (Phi) is 6.66. The minimum Gasteiger partial charge on any atom is -0.368 e. The summed E-state index contributed by atoms with van der Waals surface area (Å²) < 4.78 is 5.30. The minimum absolute atomic E-state index is 0.0527. The summed E-state index contributed by atoms with van der Waals surface area (Å²) in [5, 5.41) is 17.8. The highest BCUT2D eigenvalue weighted by Crippen LogP contribution is 2.28. The average molecular weight is 425 g/mol. The van der Waals surface area contributed by atoms with Crippen molar-refractivity contribution in [2.24, 2.45) is 16.1 Å². The molecule has 2 unspecified atom stereocenters. The van der Waals surface area contributed by atoms with Crippen molar-refractivity contribution in [3.05, 3.63) is 47.4 Å². The van der Waals surface area contributed by atoms with Gasteiger partial charge in [0.2, 0.25) is 11.8 Å². The third-order valence-electron chi connectivity index (χ3n) is 5.65. The molecule has 2 atom stereocenters. The molecule has 1 fully saturated rings. The average Bonchev–Trinajstić information content (AvgIpc) is 3.42. The van der Waals surface area contributed by atoms with Gasteiger partial charge in [-0.05, 0) is 32.9 Å². The Hall–Kier alpha value is -3.14. The van der Waals surface area contributed by atoms with E-state index in [0.717, 1.165) is 31.4 Å². The smallest absolute Gasteiger partial charge is 0.276 e. The highest BCUT2D eigenvalue weighted by molar-refractivity contribution is 5.86. The van der Waals surface area contributed by atoms with E-state index in [1.165, 1.54) is 0 Å². The third kappa shape index (κ3) is 5.13. The molecule has 1 aliphatic carbocycles. The molecule has 1 aromatic rings. The van der Waals surface area contributed by atoms with Gasteiger partial charge < -0.3 is 15.2 Å². The van der Waals surface area contributed by atoms with Crippen LogP contribution in [0.2, 0.25) is 0 Å². The summed E-state index contributed by atoms with van der Waals surface area (Å²) in [6, 6.07) is 0.215. The number of hydrogen-bond acceptors (Lipinski definition) is 8. The first-order valence-electron chi connectivity index (χ1n) is 10.7. The van der Waals surface area contributed by atoms with Gasteiger partial charge in [-0.3, -0.25) is 14.5 Å². The molecule has 31 heavy (non-hydrogen) atoms. The van der Waals surface area contributed by atoms with Crippen molar-refractivity contribution in [3.63, 3.8) is 0 Å². The topological polar surface area (TPSA) is 125 Å². The summed E-state index contributed by atoms with van der Waals surface area (Å²) in [5.74, 6) is 1.16. The quantitative estimate of drug-likeness (QED) is 0.578. The van der Waals surface area contributed by atoms with Crippen LogP contribution in [-0.4, -0.2) is 53.5 Å². The van der Waals surface area contributed by atoms with Gasteiger partial charge in [-0.15, -0.1) is 10.2 Å². The summed E-state index contributed by atoms with van der Waals surface area (Å²) in [5.41, 5.74) is 0.828. The Morgan fingerprint density at radius 2 is 2.19 bits per heavy atom. The largest absolute Gasteiger partial charge is 0.368 e. The summed E-state index contributed by atoms with van der Waals surface area (Å²) >= 11 is 0. The van der Waals surface area contributed by atoms with Crippen LogP contribution in [0, 0.1) is 5.92 Å². The van der Waals surface area contributed by atoms with Crippen molar-refractivity contribution in [3.8, 4) is 0 Å². The molecule has 10 nitrogen and oxygen atoms in total. The first-order chi connectivity index (χ1) is 15.1. The minimum atomic E-state index is -0.357. The molecule has 0 radical (unpaired) electrons. The van der Waals surface area contributed by atoms with E-state index in [2.05, 4.69) is 43.0 Å². The van der Waals surface area contributed by atoms with Crippen LogP contribution in [0.3, 0.4) is 0 Å². The van der Waals surface area contributed by atoms with E-state index in [1.807, 2.05) is 24.3 Å². The standard InChI is InChI=1S/C21H27N7O3/c1-28-13-4-8-16(28)20-24-18(31-27-20)10-9-17(29)22-11-5-12-23-19-14-6-2-3-7-15(14)21(30)26-25-19/h2-3,6-7,15-16,23H,4-5,8-13H2,1H3,(H,22,29). The Labute approximate surface area is 180 Å². The van der Waals surface area contributed by atoms with Crippen LogP contribution < -0.4 is 10.6 Å². The van der Waals surface area contributed by atoms with Gasteiger partial charge >= 0.3 is 0 Å². The Bertz CT molecular complexity index is 947. The van der Waals surface area contributed by atoms with E-state index in [0.29, 0.717) is 43.5 Å². The molecule has 1 saturated heterocycles. The van der Waals surface area contributed by atoms with Crippen LogP contribution in [0.25, 0.3) is 0 Å². The second kappa shape index (κ2) is 9.78. The molecule has 2 aliphatic heterocycles. The van der Waals surface area contributed by atoms with E-state index >= 15 is 0 Å². The van der Waals surface area contributed by atoms with Crippen LogP contribution in [-0.2, 0) is 16.0 Å². The molecule has 0 bridgehead atoms. The van der Waals surface area contributed by atoms with Gasteiger partial charge in [0.05, 0.1) is 12.0 Å². The predicted octanol–water partition coefficient (Wildman–Crippen LogP) is 1.81. The Balaban J connectivity index is 1.14. The molecule has 10 heteroatoms. The maximum absolute atomic E-state index is 12.1. The number of nitrogens with zero attached hydrogens (tertiary/aromatic N) is 5. The van der Waals surface area contributed by atoms with E-state index in [9.17, 15) is 9.59 Å². The highest BCUT2D eigenvalue weighted by Gasteiger charge is 2.28. The number of carbonyl (C=O) groups is 2. The van der Waals surface area contributed by atoms with Crippen LogP contribution in [0.15, 0.2) is 50.4 Å². The highest BCUT2D eigenvalue weighted by atomic mass is 16.5. The SMILES string of the molecule is CN1CCCC1c1noc(CCC(=O)NCCCNC2=C3C=CC=CC3C(=O)N=N2)n1. The zero-order chi connectivity index (χ0) is 21.6. The molecule has 3 aliphatic rings. The molecule has 2 N–H and O–H groups in total. The molecule has 1 aromatic heterocycles. The molecule has 0 aromatic carbocycles. The normalized spacial score (nSPS) is 22.8. The van der Waals surface area contributed by atoms with E-state index in [4.69, 9.17) is 4.52 Å². The number of aromatic nitrogens is 2. The lowest BCUT2D eigenvalue weighted by molar-refractivity contribution is -0.121. The number of aryl methyl sites for hydroxylation is 1. The molecular formula is C21H27N7O3. The van der Waals surface area contributed by atoms with Crippen molar-refractivity contribution in [2.45, 2.75) is 38.1 Å². The number of fused-ring (bicyclic) bond motifs is 1. The van der Waals surface area contributed by atoms with Crippen LogP contribution >= 0.6 is 0 Å². The van der Waals surface area contributed by atoms with Crippen LogP contribution in [0.4, 0.5) is 0 Å². The van der Waals surface area contributed by atoms with E-state index < -0.39 is 0 Å². The first kappa shape index (κ1) is 21.1. The van der Waals surface area contributed by atoms with Crippen molar-refractivity contribution in [2.75, 3.05) is 26.7 Å². The lowest BCUT2D eigenvalue weighted by Gasteiger charge is -2.20. The summed E-state index contributed by atoms with van der Waals surface area (Å²) in [6.45, 7) is 2.18. The molecule has 2 amide bonds. The lowest BCUT2D eigenvalue weighted by atomic mass is 9.93. The fraction of sp³-hybridized carbons (Fsp3) is 0.524. The summed E-state index contributed by atoms with van der Waals surface area (Å²) in [4.78, 5) is 30.6. The monoisotopic (exact) mass is 425 g/mol. The number of hydrogen-bond donors (Lipinski definition) is 2. The maximum atomic E-state index is 12.1. The fourth-order valence-electron chi connectivity index (χ4n) is 3.91. The number of carbonyl (C=O) groups excluding carboxylic acids is 2. The molecule has 3 heterocycles. The zero-order valence-electron chi connectivity index (χ0n) is 17.6. The number of rotatable bonds is 9. The number of likely N-dealkylation sites (tertiary alicyclic amines) is 1. The van der Waals surface area contributed by atoms with E-state index in [-0.39, 0.29) is 23.8 Å². The van der Waals surface area contributed by atoms with Crippen LogP contribution in [0.1, 0.15) is 43.4 Å². The predicted molar refractivity (Wildman–Crippen MR) is 112 cm³/mol. The summed E-state index contributed by atoms with van der Waals surface area (Å²) in [7, 11) is 2.06. The third-order valence-corrected chi connectivity index (χ3v) is 5.65. The molecule has 0 spiro atoms. The molecule has 4 rings (SSSR count). The van der Waals surface area contributed by atoms with Gasteiger partial charge in [-0.25, -0.2) is 0 Å². The molecule has 0 saturated carbocycles. The molecular weight excluding hydrogens is 398 g/mol. The summed E-state index contributed by atoms with van der Waals surface area (Å²) in [6.07, 6.45) is 11.0. The van der Waals surface area contributed by atoms with Gasteiger partial charge in [0.1, 0.15) is 0 Å². The Morgan fingerprint density at radius 3 is 3.03 bits per heavy atom. The zero-order valence-corrected chi connectivity index (χ0v) is 17.6. The van der Waals surface area contributed by atoms with Gasteiger partial charge in [-0.1, -0.05) is 29.5 Å². The number of amides is 2. The first-order valence-corrected chi connectivity index (χ1v) is 10.7. The lowest BCUT2D eigenvalue weighted by Crippen LogP contribution is -2.28. The van der Waals surface area contributed by atoms with Gasteiger partial charge in [0.15, 0.2) is 11.6 Å². The van der Waals surface area contributed by atoms with E-state index in [1.54, 1.807) is 0 Å².